The molecule has 0 radical (unpaired) electrons. The van der Waals surface area contributed by atoms with Gasteiger partial charge in [0.1, 0.15) is 19.8 Å². The Hall–Kier alpha value is -2.11. The fourth-order valence-electron chi connectivity index (χ4n) is 6.33. The molecule has 12 heteroatoms. The van der Waals surface area contributed by atoms with E-state index in [0.717, 1.165) is 89.9 Å². The predicted molar refractivity (Wildman–Crippen MR) is 248 cm³/mol. The summed E-state index contributed by atoms with van der Waals surface area (Å²) in [6, 6.07) is 0. The van der Waals surface area contributed by atoms with Gasteiger partial charge in [0.25, 0.3) is 7.82 Å². The van der Waals surface area contributed by atoms with Gasteiger partial charge in [-0.15, -0.1) is 0 Å². The van der Waals surface area contributed by atoms with E-state index in [1.165, 1.54) is 44.9 Å². The second-order valence-corrected chi connectivity index (χ2v) is 18.8. The molecule has 0 bridgehead atoms. The Labute approximate surface area is 372 Å². The third-order valence-electron chi connectivity index (χ3n) is 10.3. The summed E-state index contributed by atoms with van der Waals surface area (Å²) >= 11 is 0. The summed E-state index contributed by atoms with van der Waals surface area (Å²) in [4.78, 5) is 37.7. The Bertz CT molecular complexity index is 1210. The van der Waals surface area contributed by atoms with E-state index in [4.69, 9.17) is 18.5 Å². The molecular formula is C49H90NO10P. The number of rotatable bonds is 43. The molecule has 0 aromatic heterocycles. The van der Waals surface area contributed by atoms with Gasteiger partial charge in [-0.3, -0.25) is 14.2 Å². The number of hydrogen-bond acceptors (Lipinski definition) is 10. The van der Waals surface area contributed by atoms with E-state index in [0.29, 0.717) is 36.7 Å². The molecule has 0 aliphatic rings. The average molecular weight is 884 g/mol. The van der Waals surface area contributed by atoms with Gasteiger partial charge in [-0.2, -0.15) is 0 Å². The van der Waals surface area contributed by atoms with Crippen molar-refractivity contribution in [3.05, 3.63) is 48.6 Å². The molecule has 0 heterocycles. The molecule has 11 nitrogen and oxygen atoms in total. The van der Waals surface area contributed by atoms with Crippen LogP contribution in [0.4, 0.5) is 0 Å². The lowest BCUT2D eigenvalue weighted by Crippen LogP contribution is -2.37. The van der Waals surface area contributed by atoms with Gasteiger partial charge in [-0.25, -0.2) is 0 Å². The van der Waals surface area contributed by atoms with Crippen molar-refractivity contribution in [3.63, 3.8) is 0 Å². The Morgan fingerprint density at radius 3 is 1.66 bits per heavy atom. The minimum absolute atomic E-state index is 0.0605. The van der Waals surface area contributed by atoms with E-state index in [9.17, 15) is 29.3 Å². The number of nitrogens with zero attached hydrogens (tertiary/aromatic N) is 1. The van der Waals surface area contributed by atoms with Crippen molar-refractivity contribution in [1.82, 2.24) is 0 Å². The Balaban J connectivity index is 4.45. The molecule has 0 aliphatic carbocycles. The van der Waals surface area contributed by atoms with Crippen LogP contribution < -0.4 is 4.89 Å². The maximum absolute atomic E-state index is 12.7. The number of likely N-dealkylation sites (N-methyl/N-ethyl adjacent to an activating group) is 1. The van der Waals surface area contributed by atoms with Gasteiger partial charge in [0.2, 0.25) is 0 Å². The first kappa shape index (κ1) is 58.9. The van der Waals surface area contributed by atoms with Crippen LogP contribution in [0.3, 0.4) is 0 Å². The van der Waals surface area contributed by atoms with Crippen molar-refractivity contribution < 1.29 is 52.3 Å². The lowest BCUT2D eigenvalue weighted by molar-refractivity contribution is -0.870. The van der Waals surface area contributed by atoms with Gasteiger partial charge in [0, 0.05) is 12.8 Å². The minimum atomic E-state index is -4.67. The zero-order chi connectivity index (χ0) is 45.3. The van der Waals surface area contributed by atoms with Crippen molar-refractivity contribution in [3.8, 4) is 0 Å². The molecule has 0 saturated carbocycles. The minimum Gasteiger partial charge on any atom is -0.756 e. The number of phosphoric acid groups is 1. The van der Waals surface area contributed by atoms with Crippen LogP contribution >= 0.6 is 7.82 Å². The second-order valence-electron chi connectivity index (χ2n) is 17.4. The lowest BCUT2D eigenvalue weighted by Gasteiger charge is -2.28. The summed E-state index contributed by atoms with van der Waals surface area (Å²) in [7, 11) is 1.06. The van der Waals surface area contributed by atoms with Crippen molar-refractivity contribution >= 4 is 19.8 Å². The number of esters is 2. The Kier molecular flexibility index (Phi) is 39.2. The Morgan fingerprint density at radius 2 is 1.07 bits per heavy atom. The van der Waals surface area contributed by atoms with Gasteiger partial charge in [-0.05, 0) is 77.0 Å². The van der Waals surface area contributed by atoms with Crippen LogP contribution in [0, 0.1) is 0 Å². The molecule has 0 rings (SSSR count). The SMILES string of the molecule is CCCCC/C=C\C[C@@H](O)[C@H](O)CCCCCCCC(=O)OC[C@H](COP(=O)([O-])OCC[N+](C)(C)C)OC(=O)CCCCCCCC/C=C\C/C=C\C/C=C\CCCCCC. The smallest absolute Gasteiger partial charge is 0.306 e. The van der Waals surface area contributed by atoms with Gasteiger partial charge < -0.3 is 38.1 Å². The molecule has 2 N–H and O–H groups in total. The molecule has 4 atom stereocenters. The number of ether oxygens (including phenoxy) is 2. The number of quaternary nitrogens is 1. The van der Waals surface area contributed by atoms with Crippen LogP contribution in [0.15, 0.2) is 48.6 Å². The van der Waals surface area contributed by atoms with E-state index in [1.807, 2.05) is 27.2 Å². The number of aliphatic hydroxyl groups is 2. The normalized spacial score (nSPS) is 15.0. The van der Waals surface area contributed by atoms with Crippen LogP contribution in [-0.2, 0) is 32.7 Å². The summed E-state index contributed by atoms with van der Waals surface area (Å²) in [5.74, 6) is -0.962. The third-order valence-corrected chi connectivity index (χ3v) is 11.2. The summed E-state index contributed by atoms with van der Waals surface area (Å²) in [5, 5.41) is 20.5. The number of allylic oxidation sites excluding steroid dienone is 7. The van der Waals surface area contributed by atoms with E-state index in [1.54, 1.807) is 0 Å². The summed E-state index contributed by atoms with van der Waals surface area (Å²) in [6.07, 6.45) is 40.1. The highest BCUT2D eigenvalue weighted by Crippen LogP contribution is 2.38. The average Bonchev–Trinajstić information content (AvgIpc) is 3.21. The second kappa shape index (κ2) is 40.7. The summed E-state index contributed by atoms with van der Waals surface area (Å²) in [6.45, 7) is 3.96. The molecule has 0 spiro atoms. The van der Waals surface area contributed by atoms with Crippen molar-refractivity contribution in [2.45, 2.75) is 206 Å². The highest BCUT2D eigenvalue weighted by atomic mass is 31.2. The van der Waals surface area contributed by atoms with Crippen LogP contribution in [-0.4, -0.2) is 92.5 Å². The molecular weight excluding hydrogens is 794 g/mol. The van der Waals surface area contributed by atoms with Crippen LogP contribution in [0.5, 0.6) is 0 Å². The van der Waals surface area contributed by atoms with E-state index < -0.39 is 44.7 Å². The number of unbranched alkanes of at least 4 members (excludes halogenated alkanes) is 17. The molecule has 0 saturated heterocycles. The molecule has 61 heavy (non-hydrogen) atoms. The first-order chi connectivity index (χ1) is 29.3. The zero-order valence-corrected chi connectivity index (χ0v) is 40.2. The van der Waals surface area contributed by atoms with Crippen LogP contribution in [0.2, 0.25) is 0 Å². The van der Waals surface area contributed by atoms with Crippen LogP contribution in [0.25, 0.3) is 0 Å². The molecule has 0 amide bonds. The van der Waals surface area contributed by atoms with Gasteiger partial charge in [0.05, 0.1) is 40.0 Å². The zero-order valence-electron chi connectivity index (χ0n) is 39.3. The summed E-state index contributed by atoms with van der Waals surface area (Å²) in [5.41, 5.74) is 0. The number of carbonyl (C=O) groups is 2. The fourth-order valence-corrected chi connectivity index (χ4v) is 7.06. The fraction of sp³-hybridized carbons (Fsp3) is 0.796. The van der Waals surface area contributed by atoms with Crippen molar-refractivity contribution in [1.29, 1.82) is 0 Å². The highest BCUT2D eigenvalue weighted by Gasteiger charge is 2.22. The van der Waals surface area contributed by atoms with Gasteiger partial charge in [0.15, 0.2) is 6.10 Å². The predicted octanol–water partition coefficient (Wildman–Crippen LogP) is 11.2. The van der Waals surface area contributed by atoms with Crippen molar-refractivity contribution in [2.75, 3.05) is 47.5 Å². The number of carbonyl (C=O) groups excluding carboxylic acids is 2. The van der Waals surface area contributed by atoms with E-state index in [-0.39, 0.29) is 26.1 Å². The number of aliphatic hydroxyl groups excluding tert-OH is 2. The molecule has 0 fully saturated rings. The first-order valence-corrected chi connectivity index (χ1v) is 25.5. The molecule has 0 aliphatic heterocycles. The third kappa shape index (κ3) is 42.9. The van der Waals surface area contributed by atoms with E-state index >= 15 is 0 Å². The molecule has 0 aromatic carbocycles. The largest absolute Gasteiger partial charge is 0.756 e. The van der Waals surface area contributed by atoms with Crippen LogP contribution in [0.1, 0.15) is 187 Å². The van der Waals surface area contributed by atoms with Crippen molar-refractivity contribution in [2.24, 2.45) is 0 Å². The number of phosphoric ester groups is 1. The summed E-state index contributed by atoms with van der Waals surface area (Å²) < 4.78 is 33.9. The Morgan fingerprint density at radius 1 is 0.590 bits per heavy atom. The first-order valence-electron chi connectivity index (χ1n) is 24.0. The van der Waals surface area contributed by atoms with E-state index in [2.05, 4.69) is 56.4 Å². The molecule has 1 unspecified atom stereocenters. The van der Waals surface area contributed by atoms with Gasteiger partial charge in [-0.1, -0.05) is 146 Å². The molecule has 356 valence electrons. The lowest BCUT2D eigenvalue weighted by atomic mass is 10.0. The maximum atomic E-state index is 12.7. The highest BCUT2D eigenvalue weighted by molar-refractivity contribution is 7.45. The quantitative estimate of drug-likeness (QED) is 0.0199. The monoisotopic (exact) mass is 884 g/mol. The maximum Gasteiger partial charge on any atom is 0.306 e. The molecule has 0 aromatic rings. The topological polar surface area (TPSA) is 152 Å². The number of hydrogen-bond donors (Lipinski definition) is 2. The van der Waals surface area contributed by atoms with Gasteiger partial charge >= 0.3 is 11.9 Å². The standard InChI is InChI=1S/C49H90NO10P/c1-6-8-10-12-14-15-16-17-18-19-20-21-22-23-24-25-26-27-31-36-40-49(54)60-45(44-59-61(55,56)58-42-41-50(3,4)5)43-57-48(53)39-35-32-28-30-34-38-47(52)46(51)37-33-29-13-11-9-7-2/h15-16,18-19,21-22,29,33,45-47,51-52H,6-14,17,20,23-28,30-32,34-44H2,1-5H3/b16-15-,19-18-,22-21-,33-29-/t45-,46-,47-/m1/s1.